The molecule has 3 heteroatoms. The third kappa shape index (κ3) is 5.93. The predicted octanol–water partition coefficient (Wildman–Crippen LogP) is 7.05. The number of H-pyrrole nitrogens is 1. The number of unbranched alkanes of at least 4 members (excludes halogenated alkanes) is 1. The van der Waals surface area contributed by atoms with Crippen LogP contribution in [0.25, 0.3) is 10.9 Å². The molecular formula is C27H33NO2. The molecule has 0 aliphatic rings. The highest BCUT2D eigenvalue weighted by Crippen LogP contribution is 2.25. The molecule has 3 rings (SSSR count). The van der Waals surface area contributed by atoms with Crippen LogP contribution < -0.4 is 0 Å². The second-order valence-corrected chi connectivity index (χ2v) is 8.32. The lowest BCUT2D eigenvalue weighted by Gasteiger charge is -2.18. The van der Waals surface area contributed by atoms with Crippen LogP contribution in [-0.2, 0) is 11.2 Å². The lowest BCUT2D eigenvalue weighted by molar-refractivity contribution is 0.0654. The fraction of sp³-hybridized carbons (Fsp3) is 0.370. The van der Waals surface area contributed by atoms with Crippen LogP contribution in [0.15, 0.2) is 66.9 Å². The van der Waals surface area contributed by atoms with E-state index in [1.807, 2.05) is 30.3 Å². The van der Waals surface area contributed by atoms with Crippen LogP contribution in [0.2, 0.25) is 0 Å². The summed E-state index contributed by atoms with van der Waals surface area (Å²) in [6, 6.07) is 16.7. The first-order valence-electron chi connectivity index (χ1n) is 11.1. The molecule has 0 spiro atoms. The number of para-hydroxylation sites is 1. The Kier molecular flexibility index (Phi) is 8.04. The highest BCUT2D eigenvalue weighted by Gasteiger charge is 2.12. The molecule has 30 heavy (non-hydrogen) atoms. The van der Waals surface area contributed by atoms with Crippen LogP contribution >= 0.6 is 0 Å². The zero-order valence-corrected chi connectivity index (χ0v) is 18.4. The van der Waals surface area contributed by atoms with Crippen LogP contribution in [0, 0.1) is 5.92 Å². The summed E-state index contributed by atoms with van der Waals surface area (Å²) in [6.45, 7) is 7.11. The fourth-order valence-electron chi connectivity index (χ4n) is 3.77. The van der Waals surface area contributed by atoms with Gasteiger partial charge in [0, 0.05) is 22.7 Å². The first-order chi connectivity index (χ1) is 14.6. The van der Waals surface area contributed by atoms with E-state index in [0.717, 1.165) is 36.6 Å². The Morgan fingerprint density at radius 2 is 1.87 bits per heavy atom. The standard InChI is InChI=1S/C27H33NO2/c1-4-5-12-27(22-15-13-21(14-16-22)18-20(2)3)30-17-8-11-26(29)24-19-28-25-10-7-6-9-23(24)25/h6-11,13-16,19-20,27-28H,4-5,12,17-18H2,1-3H3/b11-8+. The van der Waals surface area contributed by atoms with Crippen molar-refractivity contribution in [2.75, 3.05) is 6.61 Å². The van der Waals surface area contributed by atoms with E-state index in [0.29, 0.717) is 18.1 Å². The summed E-state index contributed by atoms with van der Waals surface area (Å²) in [4.78, 5) is 15.7. The Morgan fingerprint density at radius 3 is 2.60 bits per heavy atom. The van der Waals surface area contributed by atoms with E-state index in [-0.39, 0.29) is 11.9 Å². The molecule has 1 unspecified atom stereocenters. The van der Waals surface area contributed by atoms with Crippen molar-refractivity contribution in [3.63, 3.8) is 0 Å². The number of aromatic amines is 1. The Labute approximate surface area is 180 Å². The van der Waals surface area contributed by atoms with Gasteiger partial charge in [-0.15, -0.1) is 0 Å². The third-order valence-electron chi connectivity index (χ3n) is 5.33. The fourth-order valence-corrected chi connectivity index (χ4v) is 3.77. The molecule has 0 aliphatic carbocycles. The minimum atomic E-state index is -0.000744. The maximum atomic E-state index is 12.6. The van der Waals surface area contributed by atoms with Crippen molar-refractivity contribution in [2.45, 2.75) is 52.6 Å². The van der Waals surface area contributed by atoms with Gasteiger partial charge in [0.15, 0.2) is 5.78 Å². The summed E-state index contributed by atoms with van der Waals surface area (Å²) in [5.41, 5.74) is 4.26. The Morgan fingerprint density at radius 1 is 1.10 bits per heavy atom. The molecule has 0 fully saturated rings. The van der Waals surface area contributed by atoms with E-state index in [4.69, 9.17) is 4.74 Å². The summed E-state index contributed by atoms with van der Waals surface area (Å²) in [5, 5.41) is 0.954. The van der Waals surface area contributed by atoms with E-state index in [9.17, 15) is 4.79 Å². The third-order valence-corrected chi connectivity index (χ3v) is 5.33. The van der Waals surface area contributed by atoms with Gasteiger partial charge in [-0.25, -0.2) is 0 Å². The van der Waals surface area contributed by atoms with Crippen molar-refractivity contribution >= 4 is 16.7 Å². The number of fused-ring (bicyclic) bond motifs is 1. The van der Waals surface area contributed by atoms with Crippen molar-refractivity contribution in [3.05, 3.63) is 83.6 Å². The predicted molar refractivity (Wildman–Crippen MR) is 125 cm³/mol. The lowest BCUT2D eigenvalue weighted by atomic mass is 9.98. The second kappa shape index (κ2) is 10.9. The molecule has 0 saturated carbocycles. The number of carbonyl (C=O) groups excluding carboxylic acids is 1. The van der Waals surface area contributed by atoms with Gasteiger partial charge in [-0.2, -0.15) is 0 Å². The van der Waals surface area contributed by atoms with Gasteiger partial charge in [-0.3, -0.25) is 4.79 Å². The van der Waals surface area contributed by atoms with Gasteiger partial charge in [0.25, 0.3) is 0 Å². The summed E-state index contributed by atoms with van der Waals surface area (Å²) < 4.78 is 6.16. The molecule has 1 heterocycles. The van der Waals surface area contributed by atoms with Gasteiger partial charge in [-0.1, -0.05) is 82.2 Å². The number of allylic oxidation sites excluding steroid dienone is 1. The highest BCUT2D eigenvalue weighted by atomic mass is 16.5. The smallest absolute Gasteiger partial charge is 0.187 e. The van der Waals surface area contributed by atoms with Crippen LogP contribution in [0.3, 0.4) is 0 Å². The maximum absolute atomic E-state index is 12.6. The van der Waals surface area contributed by atoms with Crippen LogP contribution in [0.1, 0.15) is 67.6 Å². The van der Waals surface area contributed by atoms with Crippen LogP contribution in [-0.4, -0.2) is 17.4 Å². The minimum absolute atomic E-state index is 0.000744. The number of benzene rings is 2. The second-order valence-electron chi connectivity index (χ2n) is 8.32. The average molecular weight is 404 g/mol. The minimum Gasteiger partial charge on any atom is -0.369 e. The molecular weight excluding hydrogens is 370 g/mol. The van der Waals surface area contributed by atoms with Gasteiger partial charge in [0.2, 0.25) is 0 Å². The van der Waals surface area contributed by atoms with E-state index >= 15 is 0 Å². The van der Waals surface area contributed by atoms with Crippen molar-refractivity contribution in [2.24, 2.45) is 5.92 Å². The van der Waals surface area contributed by atoms with Crippen molar-refractivity contribution < 1.29 is 9.53 Å². The number of aromatic nitrogens is 1. The van der Waals surface area contributed by atoms with Crippen molar-refractivity contribution in [3.8, 4) is 0 Å². The number of rotatable bonds is 11. The molecule has 158 valence electrons. The number of hydrogen-bond acceptors (Lipinski definition) is 2. The van der Waals surface area contributed by atoms with Crippen LogP contribution in [0.4, 0.5) is 0 Å². The lowest BCUT2D eigenvalue weighted by Crippen LogP contribution is -2.06. The molecule has 3 nitrogen and oxygen atoms in total. The molecule has 1 N–H and O–H groups in total. The molecule has 0 aliphatic heterocycles. The topological polar surface area (TPSA) is 42.1 Å². The molecule has 1 aromatic heterocycles. The van der Waals surface area contributed by atoms with Crippen molar-refractivity contribution in [1.82, 2.24) is 4.98 Å². The molecule has 0 radical (unpaired) electrons. The average Bonchev–Trinajstić information content (AvgIpc) is 3.18. The number of ether oxygens (including phenoxy) is 1. The molecule has 0 bridgehead atoms. The largest absolute Gasteiger partial charge is 0.369 e. The summed E-state index contributed by atoms with van der Waals surface area (Å²) in [5.74, 6) is 0.655. The number of carbonyl (C=O) groups is 1. The zero-order valence-electron chi connectivity index (χ0n) is 18.4. The number of hydrogen-bond donors (Lipinski definition) is 1. The first kappa shape index (κ1) is 22.0. The SMILES string of the molecule is CCCCC(OC/C=C/C(=O)c1c[nH]c2ccccc12)c1ccc(CC(C)C)cc1. The Bertz CT molecular complexity index is 966. The van der Waals surface area contributed by atoms with Gasteiger partial charge < -0.3 is 9.72 Å². The van der Waals surface area contributed by atoms with Gasteiger partial charge >= 0.3 is 0 Å². The van der Waals surface area contributed by atoms with Gasteiger partial charge in [0.1, 0.15) is 0 Å². The van der Waals surface area contributed by atoms with E-state index in [1.54, 1.807) is 12.3 Å². The number of nitrogens with one attached hydrogen (secondary N) is 1. The molecule has 3 aromatic rings. The summed E-state index contributed by atoms with van der Waals surface area (Å²) in [7, 11) is 0. The van der Waals surface area contributed by atoms with Gasteiger partial charge in [-0.05, 0) is 42.0 Å². The van der Waals surface area contributed by atoms with E-state index in [2.05, 4.69) is 50.0 Å². The number of ketones is 1. The van der Waals surface area contributed by atoms with Crippen molar-refractivity contribution in [1.29, 1.82) is 0 Å². The molecule has 2 aromatic carbocycles. The summed E-state index contributed by atoms with van der Waals surface area (Å²) in [6.07, 6.45) is 9.64. The Balaban J connectivity index is 1.60. The molecule has 1 atom stereocenters. The molecule has 0 amide bonds. The zero-order chi connectivity index (χ0) is 21.3. The highest BCUT2D eigenvalue weighted by molar-refractivity contribution is 6.13. The normalized spacial score (nSPS) is 12.8. The van der Waals surface area contributed by atoms with Gasteiger partial charge in [0.05, 0.1) is 12.7 Å². The van der Waals surface area contributed by atoms with E-state index < -0.39 is 0 Å². The maximum Gasteiger partial charge on any atom is 0.187 e. The Hall–Kier alpha value is -2.65. The monoisotopic (exact) mass is 403 g/mol. The summed E-state index contributed by atoms with van der Waals surface area (Å²) >= 11 is 0. The quantitative estimate of drug-likeness (QED) is 0.275. The first-order valence-corrected chi connectivity index (χ1v) is 11.1. The van der Waals surface area contributed by atoms with Crippen LogP contribution in [0.5, 0.6) is 0 Å². The van der Waals surface area contributed by atoms with E-state index in [1.165, 1.54) is 11.1 Å². The molecule has 0 saturated heterocycles.